The summed E-state index contributed by atoms with van der Waals surface area (Å²) in [5, 5.41) is 3.54. The van der Waals surface area contributed by atoms with Gasteiger partial charge in [0.2, 0.25) is 5.91 Å². The van der Waals surface area contributed by atoms with E-state index < -0.39 is 0 Å². The number of carbonyl (C=O) groups excluding carboxylic acids is 1. The summed E-state index contributed by atoms with van der Waals surface area (Å²) in [5.41, 5.74) is 0.0453. The van der Waals surface area contributed by atoms with Crippen LogP contribution in [0, 0.1) is 11.3 Å². The zero-order valence-electron chi connectivity index (χ0n) is 11.8. The number of nitrogens with zero attached hydrogens (tertiary/aromatic N) is 1. The third-order valence-corrected chi connectivity index (χ3v) is 4.53. The minimum absolute atomic E-state index is 0.213. The average Bonchev–Trinajstić information content (AvgIpc) is 2.94. The van der Waals surface area contributed by atoms with E-state index in [1.807, 2.05) is 6.92 Å². The number of hydrogen-bond donors (Lipinski definition) is 1. The largest absolute Gasteiger partial charge is 0.325 e. The van der Waals surface area contributed by atoms with Crippen molar-refractivity contribution in [3.8, 4) is 0 Å². The fourth-order valence-corrected chi connectivity index (χ4v) is 2.64. The first-order valence-electron chi connectivity index (χ1n) is 6.90. The van der Waals surface area contributed by atoms with Crippen molar-refractivity contribution in [2.45, 2.75) is 65.6 Å². The third-order valence-electron chi connectivity index (χ3n) is 4.53. The Bertz CT molecular complexity index is 322. The Hall–Kier alpha value is -0.570. The first kappa shape index (κ1) is 12.9. The normalized spacial score (nSPS) is 35.8. The molecular weight excluding hydrogens is 212 g/mol. The SMILES string of the molecule is CCC1(C)NC(C(C)C)N(CC2(C)CC2)C1=O. The summed E-state index contributed by atoms with van der Waals surface area (Å²) in [5.74, 6) is 0.765. The second kappa shape index (κ2) is 3.98. The van der Waals surface area contributed by atoms with Crippen LogP contribution in [0.1, 0.15) is 53.9 Å². The molecule has 0 aromatic rings. The molecule has 1 aliphatic carbocycles. The van der Waals surface area contributed by atoms with E-state index in [-0.39, 0.29) is 11.7 Å². The Morgan fingerprint density at radius 2 is 2.00 bits per heavy atom. The van der Waals surface area contributed by atoms with E-state index in [1.54, 1.807) is 0 Å². The van der Waals surface area contributed by atoms with Gasteiger partial charge in [-0.25, -0.2) is 0 Å². The van der Waals surface area contributed by atoms with Gasteiger partial charge in [0.05, 0.1) is 11.7 Å². The van der Waals surface area contributed by atoms with Crippen molar-refractivity contribution >= 4 is 5.91 Å². The lowest BCUT2D eigenvalue weighted by Gasteiger charge is -2.29. The van der Waals surface area contributed by atoms with Crippen molar-refractivity contribution in [3.63, 3.8) is 0 Å². The smallest absolute Gasteiger partial charge is 0.243 e. The van der Waals surface area contributed by atoms with Crippen molar-refractivity contribution in [2.24, 2.45) is 11.3 Å². The summed E-state index contributed by atoms with van der Waals surface area (Å²) in [6, 6.07) is 0. The van der Waals surface area contributed by atoms with E-state index in [0.717, 1.165) is 13.0 Å². The number of rotatable bonds is 4. The first-order valence-corrected chi connectivity index (χ1v) is 6.90. The highest BCUT2D eigenvalue weighted by Crippen LogP contribution is 2.47. The fourth-order valence-electron chi connectivity index (χ4n) is 2.64. The van der Waals surface area contributed by atoms with Gasteiger partial charge in [0.15, 0.2) is 0 Å². The topological polar surface area (TPSA) is 32.3 Å². The highest BCUT2D eigenvalue weighted by molar-refractivity contribution is 5.88. The van der Waals surface area contributed by atoms with Crippen LogP contribution in [0.2, 0.25) is 0 Å². The molecule has 0 spiro atoms. The maximum absolute atomic E-state index is 12.5. The van der Waals surface area contributed by atoms with Crippen LogP contribution in [-0.2, 0) is 4.79 Å². The summed E-state index contributed by atoms with van der Waals surface area (Å²) in [7, 11) is 0. The molecule has 2 unspecified atom stereocenters. The van der Waals surface area contributed by atoms with Gasteiger partial charge in [-0.15, -0.1) is 0 Å². The third kappa shape index (κ3) is 2.22. The molecule has 1 aliphatic heterocycles. The van der Waals surface area contributed by atoms with Gasteiger partial charge in [0, 0.05) is 6.54 Å². The van der Waals surface area contributed by atoms with Gasteiger partial charge in [-0.1, -0.05) is 27.7 Å². The Kier molecular flexibility index (Phi) is 3.01. The fraction of sp³-hybridized carbons (Fsp3) is 0.929. The summed E-state index contributed by atoms with van der Waals surface area (Å²) in [6.45, 7) is 11.7. The average molecular weight is 238 g/mol. The Morgan fingerprint density at radius 3 is 2.41 bits per heavy atom. The Balaban J connectivity index is 2.17. The second-order valence-electron chi connectivity index (χ2n) is 6.76. The molecule has 2 aliphatic rings. The maximum atomic E-state index is 12.5. The van der Waals surface area contributed by atoms with E-state index >= 15 is 0 Å². The summed E-state index contributed by atoms with van der Waals surface area (Å²) >= 11 is 0. The molecular formula is C14H26N2O. The van der Waals surface area contributed by atoms with E-state index in [0.29, 0.717) is 17.2 Å². The van der Waals surface area contributed by atoms with Crippen molar-refractivity contribution < 1.29 is 4.79 Å². The molecule has 2 fully saturated rings. The molecule has 3 heteroatoms. The van der Waals surface area contributed by atoms with Gasteiger partial charge < -0.3 is 4.90 Å². The minimum atomic E-state index is -0.347. The number of hydrogen-bond acceptors (Lipinski definition) is 2. The van der Waals surface area contributed by atoms with Gasteiger partial charge >= 0.3 is 0 Å². The van der Waals surface area contributed by atoms with Crippen LogP contribution in [0.5, 0.6) is 0 Å². The van der Waals surface area contributed by atoms with Crippen molar-refractivity contribution in [3.05, 3.63) is 0 Å². The van der Waals surface area contributed by atoms with Gasteiger partial charge in [-0.2, -0.15) is 0 Å². The monoisotopic (exact) mass is 238 g/mol. The van der Waals surface area contributed by atoms with Crippen LogP contribution < -0.4 is 5.32 Å². The predicted molar refractivity (Wildman–Crippen MR) is 69.5 cm³/mol. The highest BCUT2D eigenvalue weighted by atomic mass is 16.2. The molecule has 2 atom stereocenters. The van der Waals surface area contributed by atoms with Crippen molar-refractivity contribution in [1.29, 1.82) is 0 Å². The molecule has 17 heavy (non-hydrogen) atoms. The van der Waals surface area contributed by atoms with Crippen LogP contribution >= 0.6 is 0 Å². The summed E-state index contributed by atoms with van der Waals surface area (Å²) in [6.07, 6.45) is 3.61. The molecule has 0 bridgehead atoms. The molecule has 1 amide bonds. The summed E-state index contributed by atoms with van der Waals surface area (Å²) < 4.78 is 0. The molecule has 0 aromatic heterocycles. The van der Waals surface area contributed by atoms with Gasteiger partial charge in [0.1, 0.15) is 0 Å². The lowest BCUT2D eigenvalue weighted by atomic mass is 9.99. The quantitative estimate of drug-likeness (QED) is 0.815. The van der Waals surface area contributed by atoms with E-state index in [1.165, 1.54) is 12.8 Å². The Labute approximate surface area is 105 Å². The maximum Gasteiger partial charge on any atom is 0.243 e. The molecule has 0 radical (unpaired) electrons. The zero-order chi connectivity index (χ0) is 12.8. The molecule has 1 saturated carbocycles. The van der Waals surface area contributed by atoms with Gasteiger partial charge in [-0.3, -0.25) is 10.1 Å². The standard InChI is InChI=1S/C14H26N2O/c1-6-14(5)12(17)16(9-13(4)7-8-13)11(15-14)10(2)3/h10-11,15H,6-9H2,1-5H3. The van der Waals surface area contributed by atoms with Crippen molar-refractivity contribution in [1.82, 2.24) is 10.2 Å². The molecule has 2 rings (SSSR count). The minimum Gasteiger partial charge on any atom is -0.325 e. The van der Waals surface area contributed by atoms with Crippen LogP contribution in [-0.4, -0.2) is 29.1 Å². The van der Waals surface area contributed by atoms with E-state index in [4.69, 9.17) is 0 Å². The van der Waals surface area contributed by atoms with E-state index in [2.05, 4.69) is 37.9 Å². The molecule has 1 N–H and O–H groups in total. The zero-order valence-corrected chi connectivity index (χ0v) is 11.8. The highest BCUT2D eigenvalue weighted by Gasteiger charge is 2.51. The first-order chi connectivity index (χ1) is 7.81. The molecule has 3 nitrogen and oxygen atoms in total. The van der Waals surface area contributed by atoms with Crippen LogP contribution in [0.3, 0.4) is 0 Å². The van der Waals surface area contributed by atoms with Crippen LogP contribution in [0.4, 0.5) is 0 Å². The number of carbonyl (C=O) groups is 1. The summed E-state index contributed by atoms with van der Waals surface area (Å²) in [4.78, 5) is 14.6. The number of amides is 1. The number of nitrogens with one attached hydrogen (secondary N) is 1. The lowest BCUT2D eigenvalue weighted by Crippen LogP contribution is -2.45. The Morgan fingerprint density at radius 1 is 1.41 bits per heavy atom. The van der Waals surface area contributed by atoms with Gasteiger partial charge in [0.25, 0.3) is 0 Å². The molecule has 0 aromatic carbocycles. The van der Waals surface area contributed by atoms with Crippen LogP contribution in [0.15, 0.2) is 0 Å². The second-order valence-corrected chi connectivity index (χ2v) is 6.76. The predicted octanol–water partition coefficient (Wildman–Crippen LogP) is 2.37. The molecule has 98 valence electrons. The van der Waals surface area contributed by atoms with Crippen LogP contribution in [0.25, 0.3) is 0 Å². The molecule has 1 saturated heterocycles. The van der Waals surface area contributed by atoms with Crippen molar-refractivity contribution in [2.75, 3.05) is 6.54 Å². The van der Waals surface area contributed by atoms with Gasteiger partial charge in [-0.05, 0) is 37.5 Å². The van der Waals surface area contributed by atoms with E-state index in [9.17, 15) is 4.79 Å². The lowest BCUT2D eigenvalue weighted by molar-refractivity contribution is -0.134. The molecule has 1 heterocycles.